The van der Waals surface area contributed by atoms with E-state index in [2.05, 4.69) is 15.7 Å². The highest BCUT2D eigenvalue weighted by molar-refractivity contribution is 6.42. The molecule has 0 aliphatic carbocycles. The van der Waals surface area contributed by atoms with Crippen LogP contribution in [0.2, 0.25) is 10.0 Å². The van der Waals surface area contributed by atoms with E-state index in [1.807, 2.05) is 32.9 Å². The molecule has 0 aliphatic rings. The van der Waals surface area contributed by atoms with Crippen LogP contribution >= 0.6 is 23.2 Å². The van der Waals surface area contributed by atoms with E-state index in [0.29, 0.717) is 21.3 Å². The molecule has 0 fully saturated rings. The number of aryl methyl sites for hydroxylation is 2. The lowest BCUT2D eigenvalue weighted by Gasteiger charge is -2.13. The van der Waals surface area contributed by atoms with Gasteiger partial charge in [-0.25, -0.2) is 4.68 Å². The number of aromatic nitrogens is 2. The van der Waals surface area contributed by atoms with Crippen LogP contribution in [-0.4, -0.2) is 28.6 Å². The normalized spacial score (nSPS) is 10.7. The number of hydrogen-bond donors (Lipinski definition) is 2. The zero-order valence-corrected chi connectivity index (χ0v) is 18.6. The highest BCUT2D eigenvalue weighted by Crippen LogP contribution is 2.27. The van der Waals surface area contributed by atoms with Crippen LogP contribution in [-0.2, 0) is 11.2 Å². The number of halogens is 2. The third-order valence-electron chi connectivity index (χ3n) is 4.93. The first-order valence-electron chi connectivity index (χ1n) is 9.35. The molecule has 0 aliphatic heterocycles. The molecule has 156 valence electrons. The van der Waals surface area contributed by atoms with Crippen molar-refractivity contribution in [3.05, 3.63) is 74.5 Å². The van der Waals surface area contributed by atoms with Gasteiger partial charge in [0, 0.05) is 18.3 Å². The molecule has 2 aromatic carbocycles. The molecule has 8 heteroatoms. The van der Waals surface area contributed by atoms with Crippen molar-refractivity contribution >= 4 is 40.7 Å². The molecule has 3 rings (SSSR count). The molecule has 0 bridgehead atoms. The van der Waals surface area contributed by atoms with Gasteiger partial charge in [-0.1, -0.05) is 35.3 Å². The van der Waals surface area contributed by atoms with Crippen LogP contribution in [0.4, 0.5) is 5.69 Å². The lowest BCUT2D eigenvalue weighted by Crippen LogP contribution is -2.23. The number of hydrogen-bond acceptors (Lipinski definition) is 3. The Morgan fingerprint density at radius 3 is 2.47 bits per heavy atom. The summed E-state index contributed by atoms with van der Waals surface area (Å²) in [7, 11) is 1.56. The van der Waals surface area contributed by atoms with Crippen LogP contribution in [0.25, 0.3) is 5.69 Å². The Bertz CT molecular complexity index is 1140. The Hall–Kier alpha value is -2.83. The third-order valence-corrected chi connectivity index (χ3v) is 5.67. The maximum absolute atomic E-state index is 12.8. The number of benzene rings is 2. The predicted octanol–water partition coefficient (Wildman–Crippen LogP) is 4.65. The number of nitrogens with zero attached hydrogens (tertiary/aromatic N) is 2. The molecule has 0 unspecified atom stereocenters. The van der Waals surface area contributed by atoms with Gasteiger partial charge in [0.2, 0.25) is 5.91 Å². The standard InChI is InChI=1S/C22H22Cl2N4O2/c1-12-6-5-7-19(21(12)22(30)25-4)26-20(29)11-16-13(2)27-28(14(16)3)15-8-9-17(23)18(24)10-15/h5-10H,11H2,1-4H3,(H,25,30)(H,26,29). The summed E-state index contributed by atoms with van der Waals surface area (Å²) in [6.07, 6.45) is 0.125. The second-order valence-corrected chi connectivity index (χ2v) is 7.78. The summed E-state index contributed by atoms with van der Waals surface area (Å²) in [6.45, 7) is 5.58. The first-order valence-corrected chi connectivity index (χ1v) is 10.1. The largest absolute Gasteiger partial charge is 0.355 e. The first-order chi connectivity index (χ1) is 14.2. The minimum Gasteiger partial charge on any atom is -0.355 e. The van der Waals surface area contributed by atoms with Crippen molar-refractivity contribution in [1.29, 1.82) is 0 Å². The Morgan fingerprint density at radius 1 is 1.07 bits per heavy atom. The fourth-order valence-electron chi connectivity index (χ4n) is 3.35. The van der Waals surface area contributed by atoms with Crippen molar-refractivity contribution in [2.45, 2.75) is 27.2 Å². The van der Waals surface area contributed by atoms with Gasteiger partial charge in [-0.2, -0.15) is 5.10 Å². The number of anilines is 1. The number of carbonyl (C=O) groups is 2. The van der Waals surface area contributed by atoms with Gasteiger partial charge in [0.1, 0.15) is 0 Å². The van der Waals surface area contributed by atoms with Crippen molar-refractivity contribution in [2.24, 2.45) is 0 Å². The average Bonchev–Trinajstić information content (AvgIpc) is 2.98. The highest BCUT2D eigenvalue weighted by Gasteiger charge is 2.19. The van der Waals surface area contributed by atoms with Gasteiger partial charge in [0.25, 0.3) is 5.91 Å². The molecular weight excluding hydrogens is 423 g/mol. The van der Waals surface area contributed by atoms with Crippen LogP contribution in [0.1, 0.15) is 32.9 Å². The summed E-state index contributed by atoms with van der Waals surface area (Å²) < 4.78 is 1.74. The number of rotatable bonds is 5. The molecule has 0 saturated heterocycles. The fourth-order valence-corrected chi connectivity index (χ4v) is 3.64. The van der Waals surface area contributed by atoms with Crippen molar-refractivity contribution in [1.82, 2.24) is 15.1 Å². The number of nitrogens with one attached hydrogen (secondary N) is 2. The molecule has 0 spiro atoms. The maximum atomic E-state index is 12.8. The smallest absolute Gasteiger partial charge is 0.253 e. The van der Waals surface area contributed by atoms with Crippen molar-refractivity contribution < 1.29 is 9.59 Å². The highest BCUT2D eigenvalue weighted by atomic mass is 35.5. The molecule has 30 heavy (non-hydrogen) atoms. The van der Waals surface area contributed by atoms with Gasteiger partial charge < -0.3 is 10.6 Å². The second-order valence-electron chi connectivity index (χ2n) is 6.96. The number of amides is 2. The summed E-state index contributed by atoms with van der Waals surface area (Å²) in [6, 6.07) is 10.6. The Morgan fingerprint density at radius 2 is 1.80 bits per heavy atom. The monoisotopic (exact) mass is 444 g/mol. The molecule has 1 aromatic heterocycles. The summed E-state index contributed by atoms with van der Waals surface area (Å²) >= 11 is 12.1. The molecule has 3 aromatic rings. The molecule has 2 N–H and O–H groups in total. The molecule has 0 saturated carbocycles. The van der Waals surface area contributed by atoms with Gasteiger partial charge in [0.15, 0.2) is 0 Å². The summed E-state index contributed by atoms with van der Waals surface area (Å²) in [5.74, 6) is -0.478. The molecule has 6 nitrogen and oxygen atoms in total. The minimum absolute atomic E-state index is 0.125. The predicted molar refractivity (Wildman–Crippen MR) is 120 cm³/mol. The molecule has 0 atom stereocenters. The lowest BCUT2D eigenvalue weighted by molar-refractivity contribution is -0.115. The van der Waals surface area contributed by atoms with Crippen molar-refractivity contribution in [3.8, 4) is 5.69 Å². The van der Waals surface area contributed by atoms with Gasteiger partial charge >= 0.3 is 0 Å². The molecular formula is C22H22Cl2N4O2. The van der Waals surface area contributed by atoms with E-state index in [1.54, 1.807) is 36.0 Å². The van der Waals surface area contributed by atoms with Crippen LogP contribution < -0.4 is 10.6 Å². The van der Waals surface area contributed by atoms with Crippen LogP contribution in [0, 0.1) is 20.8 Å². The fraction of sp³-hybridized carbons (Fsp3) is 0.227. The molecule has 2 amide bonds. The van der Waals surface area contributed by atoms with E-state index in [-0.39, 0.29) is 18.2 Å². The van der Waals surface area contributed by atoms with Crippen LogP contribution in [0.15, 0.2) is 36.4 Å². The first kappa shape index (κ1) is 21.9. The van der Waals surface area contributed by atoms with Gasteiger partial charge in [-0.15, -0.1) is 0 Å². The quantitative estimate of drug-likeness (QED) is 0.601. The van der Waals surface area contributed by atoms with Crippen LogP contribution in [0.5, 0.6) is 0 Å². The molecule has 0 radical (unpaired) electrons. The summed E-state index contributed by atoms with van der Waals surface area (Å²) in [5.41, 5.74) is 4.86. The number of carbonyl (C=O) groups excluding carboxylic acids is 2. The van der Waals surface area contributed by atoms with Gasteiger partial charge in [-0.05, 0) is 50.6 Å². The zero-order chi connectivity index (χ0) is 22.0. The Labute approximate surface area is 185 Å². The van der Waals surface area contributed by atoms with E-state index in [0.717, 1.165) is 28.2 Å². The van der Waals surface area contributed by atoms with E-state index < -0.39 is 0 Å². The van der Waals surface area contributed by atoms with Crippen molar-refractivity contribution in [3.63, 3.8) is 0 Å². The Kier molecular flexibility index (Phi) is 6.48. The zero-order valence-electron chi connectivity index (χ0n) is 17.1. The second kappa shape index (κ2) is 8.90. The van der Waals surface area contributed by atoms with Crippen molar-refractivity contribution in [2.75, 3.05) is 12.4 Å². The third kappa shape index (κ3) is 4.35. The van der Waals surface area contributed by atoms with Gasteiger partial charge in [0.05, 0.1) is 39.1 Å². The van der Waals surface area contributed by atoms with E-state index in [1.165, 1.54) is 0 Å². The SMILES string of the molecule is CNC(=O)c1c(C)cccc1NC(=O)Cc1c(C)nn(-c2ccc(Cl)c(Cl)c2)c1C. The van der Waals surface area contributed by atoms with Gasteiger partial charge in [-0.3, -0.25) is 9.59 Å². The average molecular weight is 445 g/mol. The minimum atomic E-state index is -0.247. The van der Waals surface area contributed by atoms with E-state index >= 15 is 0 Å². The lowest BCUT2D eigenvalue weighted by atomic mass is 10.0. The summed E-state index contributed by atoms with van der Waals surface area (Å²) in [5, 5.41) is 10.9. The van der Waals surface area contributed by atoms with E-state index in [9.17, 15) is 9.59 Å². The van der Waals surface area contributed by atoms with Crippen LogP contribution in [0.3, 0.4) is 0 Å². The Balaban J connectivity index is 1.87. The summed E-state index contributed by atoms with van der Waals surface area (Å²) in [4.78, 5) is 25.0. The topological polar surface area (TPSA) is 76.0 Å². The maximum Gasteiger partial charge on any atom is 0.253 e. The molecule has 1 heterocycles. The van der Waals surface area contributed by atoms with E-state index in [4.69, 9.17) is 23.2 Å².